The van der Waals surface area contributed by atoms with Gasteiger partial charge in [0.2, 0.25) is 0 Å². The van der Waals surface area contributed by atoms with Gasteiger partial charge in [0, 0.05) is 23.4 Å². The van der Waals surface area contributed by atoms with Crippen LogP contribution in [0.4, 0.5) is 0 Å². The summed E-state index contributed by atoms with van der Waals surface area (Å²) in [5.74, 6) is -1.70. The van der Waals surface area contributed by atoms with Crippen LogP contribution in [0.1, 0.15) is 37.7 Å². The first-order valence-electron chi connectivity index (χ1n) is 9.92. The molecule has 2 aromatic heterocycles. The average molecular weight is 428 g/mol. The van der Waals surface area contributed by atoms with E-state index >= 15 is 0 Å². The Morgan fingerprint density at radius 1 is 1.00 bits per heavy atom. The van der Waals surface area contributed by atoms with Crippen LogP contribution in [0.5, 0.6) is 0 Å². The maximum Gasteiger partial charge on any atom is 0.355 e. The number of carbonyl (C=O) groups is 2. The molecule has 32 heavy (non-hydrogen) atoms. The van der Waals surface area contributed by atoms with Crippen molar-refractivity contribution in [2.45, 2.75) is 13.3 Å². The van der Waals surface area contributed by atoms with Gasteiger partial charge in [0.1, 0.15) is 11.3 Å². The highest BCUT2D eigenvalue weighted by molar-refractivity contribution is 5.94. The molecule has 160 valence electrons. The zero-order chi connectivity index (χ0) is 22.8. The fraction of sp³-hybridized carbons (Fsp3) is 0.120. The van der Waals surface area contributed by atoms with Crippen LogP contribution in [0.2, 0.25) is 0 Å². The van der Waals surface area contributed by atoms with Crippen LogP contribution in [0, 0.1) is 6.92 Å². The van der Waals surface area contributed by atoms with Gasteiger partial charge in [-0.05, 0) is 48.9 Å². The van der Waals surface area contributed by atoms with Crippen molar-refractivity contribution in [1.29, 1.82) is 0 Å². The van der Waals surface area contributed by atoms with Gasteiger partial charge in [-0.2, -0.15) is 0 Å². The number of hydrogen-bond donors (Lipinski definition) is 1. The quantitative estimate of drug-likeness (QED) is 0.486. The van der Waals surface area contributed by atoms with Gasteiger partial charge in [-0.15, -0.1) is 0 Å². The highest BCUT2D eigenvalue weighted by Crippen LogP contribution is 2.24. The van der Waals surface area contributed by atoms with Gasteiger partial charge < -0.3 is 9.84 Å². The molecule has 2 heterocycles. The van der Waals surface area contributed by atoms with E-state index in [1.165, 1.54) is 19.2 Å². The van der Waals surface area contributed by atoms with E-state index in [0.717, 1.165) is 0 Å². The normalized spacial score (nSPS) is 10.8. The van der Waals surface area contributed by atoms with Gasteiger partial charge in [-0.25, -0.2) is 14.6 Å². The van der Waals surface area contributed by atoms with Crippen LogP contribution in [0.25, 0.3) is 16.7 Å². The topological polar surface area (TPSA) is 98.5 Å². The third kappa shape index (κ3) is 3.76. The number of aromatic nitrogens is 2. The summed E-state index contributed by atoms with van der Waals surface area (Å²) in [7, 11) is 1.27. The Hall–Kier alpha value is -4.26. The third-order valence-corrected chi connectivity index (χ3v) is 5.23. The highest BCUT2D eigenvalue weighted by atomic mass is 16.5. The third-order valence-electron chi connectivity index (χ3n) is 5.23. The summed E-state index contributed by atoms with van der Waals surface area (Å²) in [5.41, 5.74) is 2.60. The van der Waals surface area contributed by atoms with Crippen molar-refractivity contribution in [3.63, 3.8) is 0 Å². The second kappa shape index (κ2) is 8.47. The van der Waals surface area contributed by atoms with Crippen LogP contribution >= 0.6 is 0 Å². The van der Waals surface area contributed by atoms with E-state index in [2.05, 4.69) is 4.98 Å². The Bertz CT molecular complexity index is 1390. The number of methoxy groups -OCH3 is 1. The summed E-state index contributed by atoms with van der Waals surface area (Å²) in [6.07, 6.45) is 0.125. The number of nitrogens with zero attached hydrogens (tertiary/aromatic N) is 2. The van der Waals surface area contributed by atoms with Crippen LogP contribution in [-0.2, 0) is 11.2 Å². The lowest BCUT2D eigenvalue weighted by Crippen LogP contribution is -2.25. The van der Waals surface area contributed by atoms with Gasteiger partial charge in [-0.3, -0.25) is 9.36 Å². The van der Waals surface area contributed by atoms with Crippen LogP contribution < -0.4 is 5.43 Å². The van der Waals surface area contributed by atoms with E-state index in [0.29, 0.717) is 28.0 Å². The van der Waals surface area contributed by atoms with Crippen molar-refractivity contribution in [2.75, 3.05) is 7.11 Å². The van der Waals surface area contributed by atoms with E-state index in [4.69, 9.17) is 9.84 Å². The molecule has 0 aliphatic heterocycles. The molecule has 0 aliphatic rings. The summed E-state index contributed by atoms with van der Waals surface area (Å²) in [4.78, 5) is 42.2. The average Bonchev–Trinajstić information content (AvgIpc) is 2.80. The molecule has 0 saturated heterocycles. The molecule has 0 atom stereocenters. The molecule has 4 rings (SSSR count). The summed E-state index contributed by atoms with van der Waals surface area (Å²) in [6, 6.07) is 18.8. The predicted octanol–water partition coefficient (Wildman–Crippen LogP) is 3.77. The summed E-state index contributed by atoms with van der Waals surface area (Å²) >= 11 is 0. The number of aryl methyl sites for hydroxylation is 1. The lowest BCUT2D eigenvalue weighted by Gasteiger charge is -2.19. The lowest BCUT2D eigenvalue weighted by atomic mass is 9.99. The standard InChI is InChI=1S/C25H20N2O5/c1-15-8-13-19-22(28)20(14-16-9-11-17(12-10-16)24(29)30)21(25(31)32-2)27(23(19)26-15)18-6-4-3-5-7-18/h3-13H,14H2,1-2H3,(H,29,30). The minimum Gasteiger partial charge on any atom is -0.478 e. The number of rotatable bonds is 5. The Balaban J connectivity index is 2.05. The summed E-state index contributed by atoms with van der Waals surface area (Å²) < 4.78 is 6.71. The molecule has 0 fully saturated rings. The molecule has 0 radical (unpaired) electrons. The van der Waals surface area contributed by atoms with Crippen molar-refractivity contribution in [1.82, 2.24) is 9.55 Å². The molecule has 0 unspecified atom stereocenters. The molecular formula is C25H20N2O5. The Morgan fingerprint density at radius 3 is 2.31 bits per heavy atom. The smallest absolute Gasteiger partial charge is 0.355 e. The number of carboxylic acid groups (broad SMARTS) is 1. The number of benzene rings is 2. The first kappa shape index (κ1) is 21.0. The molecule has 7 nitrogen and oxygen atoms in total. The first-order chi connectivity index (χ1) is 15.4. The van der Waals surface area contributed by atoms with Crippen molar-refractivity contribution in [3.8, 4) is 5.69 Å². The van der Waals surface area contributed by atoms with Gasteiger partial charge in [0.15, 0.2) is 5.43 Å². The second-order valence-electron chi connectivity index (χ2n) is 7.32. The molecule has 0 aliphatic carbocycles. The lowest BCUT2D eigenvalue weighted by molar-refractivity contribution is 0.0589. The Morgan fingerprint density at radius 2 is 1.69 bits per heavy atom. The monoisotopic (exact) mass is 428 g/mol. The van der Waals surface area contributed by atoms with Gasteiger partial charge in [-0.1, -0.05) is 30.3 Å². The van der Waals surface area contributed by atoms with Crippen LogP contribution in [-0.4, -0.2) is 33.7 Å². The van der Waals surface area contributed by atoms with E-state index in [1.807, 2.05) is 37.3 Å². The Labute approximate surface area is 183 Å². The maximum absolute atomic E-state index is 13.5. The Kier molecular flexibility index (Phi) is 5.55. The van der Waals surface area contributed by atoms with E-state index < -0.39 is 11.9 Å². The zero-order valence-electron chi connectivity index (χ0n) is 17.5. The van der Waals surface area contributed by atoms with E-state index in [-0.39, 0.29) is 28.7 Å². The number of carboxylic acids is 1. The van der Waals surface area contributed by atoms with Gasteiger partial charge in [0.05, 0.1) is 18.1 Å². The van der Waals surface area contributed by atoms with E-state index in [1.54, 1.807) is 28.8 Å². The SMILES string of the molecule is COC(=O)c1c(Cc2ccc(C(=O)O)cc2)c(=O)c2ccc(C)nc2n1-c1ccccc1. The number of carbonyl (C=O) groups excluding carboxylic acids is 1. The molecule has 1 N–H and O–H groups in total. The predicted molar refractivity (Wildman–Crippen MR) is 120 cm³/mol. The van der Waals surface area contributed by atoms with Crippen LogP contribution in [0.15, 0.2) is 71.5 Å². The van der Waals surface area contributed by atoms with Crippen molar-refractivity contribution >= 4 is 23.0 Å². The van der Waals surface area contributed by atoms with E-state index in [9.17, 15) is 14.4 Å². The number of esters is 1. The molecule has 2 aromatic carbocycles. The minimum atomic E-state index is -1.04. The number of para-hydroxylation sites is 1. The molecule has 0 bridgehead atoms. The highest BCUT2D eigenvalue weighted by Gasteiger charge is 2.25. The summed E-state index contributed by atoms with van der Waals surface area (Å²) in [6.45, 7) is 1.81. The van der Waals surface area contributed by atoms with Gasteiger partial charge >= 0.3 is 11.9 Å². The molecule has 7 heteroatoms. The number of fused-ring (bicyclic) bond motifs is 1. The van der Waals surface area contributed by atoms with Crippen molar-refractivity contribution in [2.24, 2.45) is 0 Å². The van der Waals surface area contributed by atoms with Crippen molar-refractivity contribution in [3.05, 3.63) is 105 Å². The molecule has 4 aromatic rings. The first-order valence-corrected chi connectivity index (χ1v) is 9.92. The molecule has 0 saturated carbocycles. The number of hydrogen-bond acceptors (Lipinski definition) is 5. The molecule has 0 amide bonds. The zero-order valence-corrected chi connectivity index (χ0v) is 17.5. The minimum absolute atomic E-state index is 0.0941. The van der Waals surface area contributed by atoms with Crippen molar-refractivity contribution < 1.29 is 19.4 Å². The number of aromatic carboxylic acids is 1. The maximum atomic E-state index is 13.5. The number of pyridine rings is 2. The number of ether oxygens (including phenoxy) is 1. The van der Waals surface area contributed by atoms with Gasteiger partial charge in [0.25, 0.3) is 0 Å². The fourth-order valence-corrected chi connectivity index (χ4v) is 3.67. The molecular weight excluding hydrogens is 408 g/mol. The van der Waals surface area contributed by atoms with Crippen LogP contribution in [0.3, 0.4) is 0 Å². The largest absolute Gasteiger partial charge is 0.478 e. The molecule has 0 spiro atoms. The summed E-state index contributed by atoms with van der Waals surface area (Å²) in [5, 5.41) is 9.52. The fourth-order valence-electron chi connectivity index (χ4n) is 3.67. The second-order valence-corrected chi connectivity index (χ2v) is 7.32.